The maximum atomic E-state index is 11.7. The molecular formula is C19H19N3O6S2. The molecule has 0 amide bonds. The fraction of sp³-hybridized carbons (Fsp3) is 0.105. The zero-order chi connectivity index (χ0) is 21.7. The van der Waals surface area contributed by atoms with Crippen LogP contribution in [0.15, 0.2) is 64.4 Å². The number of hydrogen-bond donors (Lipinski definition) is 4. The molecule has 0 aliphatic carbocycles. The van der Waals surface area contributed by atoms with Crippen molar-refractivity contribution < 1.29 is 27.6 Å². The maximum Gasteiger partial charge on any atom is 0.296 e. The molecule has 30 heavy (non-hydrogen) atoms. The molecule has 1 heterocycles. The van der Waals surface area contributed by atoms with Gasteiger partial charge in [-0.25, -0.2) is 10.2 Å². The van der Waals surface area contributed by atoms with Crippen LogP contribution in [-0.2, 0) is 19.5 Å². The Bertz CT molecular complexity index is 1150. The Hall–Kier alpha value is -2.67. The molecule has 0 unspecified atom stereocenters. The molecule has 11 heteroatoms. The minimum atomic E-state index is -4.40. The van der Waals surface area contributed by atoms with Crippen molar-refractivity contribution >= 4 is 45.2 Å². The Morgan fingerprint density at radius 3 is 2.37 bits per heavy atom. The molecule has 3 aromatic rings. The molecule has 0 fully saturated rings. The fourth-order valence-electron chi connectivity index (χ4n) is 2.68. The van der Waals surface area contributed by atoms with Crippen molar-refractivity contribution in [2.24, 2.45) is 0 Å². The minimum Gasteiger partial charge on any atom is -0.339 e. The van der Waals surface area contributed by atoms with E-state index in [1.807, 2.05) is 26.0 Å². The Labute approximate surface area is 177 Å². The third kappa shape index (κ3) is 5.27. The van der Waals surface area contributed by atoms with Crippen molar-refractivity contribution in [3.63, 3.8) is 0 Å². The molecule has 158 valence electrons. The van der Waals surface area contributed by atoms with Crippen molar-refractivity contribution in [1.82, 2.24) is 4.98 Å². The molecule has 0 bridgehead atoms. The van der Waals surface area contributed by atoms with Crippen LogP contribution in [0.4, 0.5) is 23.0 Å². The van der Waals surface area contributed by atoms with E-state index in [0.717, 1.165) is 23.2 Å². The number of para-hydroxylation sites is 2. The van der Waals surface area contributed by atoms with Gasteiger partial charge in [0, 0.05) is 0 Å². The highest BCUT2D eigenvalue weighted by atomic mass is 32.2. The van der Waals surface area contributed by atoms with E-state index < -0.39 is 10.1 Å². The second-order valence-electron chi connectivity index (χ2n) is 6.24. The van der Waals surface area contributed by atoms with E-state index in [9.17, 15) is 13.0 Å². The number of anilines is 4. The number of aromatic nitrogens is 1. The van der Waals surface area contributed by atoms with Gasteiger partial charge in [0.25, 0.3) is 10.1 Å². The SMILES string of the molecule is Cc1cc(Nc2ccccc2SOOO)nc(Nc2ccccc2S(=O)(=O)O)c1C. The summed E-state index contributed by atoms with van der Waals surface area (Å²) in [4.78, 5) is 4.93. The molecular weight excluding hydrogens is 430 g/mol. The van der Waals surface area contributed by atoms with E-state index >= 15 is 0 Å². The highest BCUT2D eigenvalue weighted by Crippen LogP contribution is 2.32. The van der Waals surface area contributed by atoms with Gasteiger partial charge < -0.3 is 10.6 Å². The van der Waals surface area contributed by atoms with Crippen molar-refractivity contribution in [3.8, 4) is 0 Å². The average Bonchev–Trinajstić information content (AvgIpc) is 2.70. The molecule has 0 aliphatic rings. The summed E-state index contributed by atoms with van der Waals surface area (Å²) in [7, 11) is -4.40. The summed E-state index contributed by atoms with van der Waals surface area (Å²) in [5.41, 5.74) is 2.57. The highest BCUT2D eigenvalue weighted by molar-refractivity contribution is 7.94. The number of pyridine rings is 1. The quantitative estimate of drug-likeness (QED) is 0.164. The van der Waals surface area contributed by atoms with Crippen molar-refractivity contribution in [2.45, 2.75) is 23.6 Å². The lowest BCUT2D eigenvalue weighted by molar-refractivity contribution is -0.432. The third-order valence-electron chi connectivity index (χ3n) is 4.25. The van der Waals surface area contributed by atoms with E-state index in [-0.39, 0.29) is 10.6 Å². The van der Waals surface area contributed by atoms with Crippen molar-refractivity contribution in [1.29, 1.82) is 0 Å². The van der Waals surface area contributed by atoms with Gasteiger partial charge in [-0.3, -0.25) is 4.55 Å². The lowest BCUT2D eigenvalue weighted by atomic mass is 10.1. The van der Waals surface area contributed by atoms with Crippen molar-refractivity contribution in [3.05, 3.63) is 65.7 Å². The van der Waals surface area contributed by atoms with E-state index in [1.165, 1.54) is 18.2 Å². The summed E-state index contributed by atoms with van der Waals surface area (Å²) in [6.45, 7) is 3.74. The van der Waals surface area contributed by atoms with E-state index in [1.54, 1.807) is 24.3 Å². The number of aryl methyl sites for hydroxylation is 1. The Morgan fingerprint density at radius 2 is 1.67 bits per heavy atom. The number of benzene rings is 2. The maximum absolute atomic E-state index is 11.7. The summed E-state index contributed by atoms with van der Waals surface area (Å²) in [5, 5.41) is 18.2. The van der Waals surface area contributed by atoms with Crippen LogP contribution in [0.25, 0.3) is 0 Å². The van der Waals surface area contributed by atoms with Gasteiger partial charge in [-0.15, -0.1) is 4.33 Å². The minimum absolute atomic E-state index is 0.205. The summed E-state index contributed by atoms with van der Waals surface area (Å²) >= 11 is 0.813. The molecule has 2 aromatic carbocycles. The lowest BCUT2D eigenvalue weighted by Crippen LogP contribution is -2.06. The molecule has 4 N–H and O–H groups in total. The third-order valence-corrected chi connectivity index (χ3v) is 5.83. The lowest BCUT2D eigenvalue weighted by Gasteiger charge is -2.16. The Kier molecular flexibility index (Phi) is 6.92. The van der Waals surface area contributed by atoms with Crippen LogP contribution in [0.2, 0.25) is 0 Å². The van der Waals surface area contributed by atoms with Crippen LogP contribution in [0.1, 0.15) is 11.1 Å². The molecule has 0 saturated carbocycles. The molecule has 0 atom stereocenters. The fourth-order valence-corrected chi connectivity index (χ4v) is 3.77. The number of nitrogens with one attached hydrogen (secondary N) is 2. The number of hydrogen-bond acceptors (Lipinski definition) is 9. The van der Waals surface area contributed by atoms with Crippen molar-refractivity contribution in [2.75, 3.05) is 10.6 Å². The van der Waals surface area contributed by atoms with Crippen LogP contribution in [0, 0.1) is 13.8 Å². The first kappa shape index (κ1) is 22.0. The molecule has 1 aromatic heterocycles. The predicted octanol–water partition coefficient (Wildman–Crippen LogP) is 4.86. The van der Waals surface area contributed by atoms with Gasteiger partial charge >= 0.3 is 0 Å². The average molecular weight is 450 g/mol. The van der Waals surface area contributed by atoms with Crippen LogP contribution >= 0.6 is 12.0 Å². The molecule has 3 rings (SSSR count). The molecule has 9 nitrogen and oxygen atoms in total. The first-order valence-electron chi connectivity index (χ1n) is 8.62. The largest absolute Gasteiger partial charge is 0.339 e. The summed E-state index contributed by atoms with van der Waals surface area (Å²) < 4.78 is 37.3. The van der Waals surface area contributed by atoms with Gasteiger partial charge in [-0.1, -0.05) is 29.3 Å². The van der Waals surface area contributed by atoms with E-state index in [0.29, 0.717) is 22.2 Å². The molecule has 0 spiro atoms. The van der Waals surface area contributed by atoms with Gasteiger partial charge in [0.1, 0.15) is 16.5 Å². The predicted molar refractivity (Wildman–Crippen MR) is 114 cm³/mol. The molecule has 0 aliphatic heterocycles. The van der Waals surface area contributed by atoms with Crippen LogP contribution in [0.5, 0.6) is 0 Å². The van der Waals surface area contributed by atoms with Crippen LogP contribution in [0.3, 0.4) is 0 Å². The van der Waals surface area contributed by atoms with E-state index in [2.05, 4.69) is 25.0 Å². The highest BCUT2D eigenvalue weighted by Gasteiger charge is 2.17. The van der Waals surface area contributed by atoms with Crippen LogP contribution < -0.4 is 10.6 Å². The van der Waals surface area contributed by atoms with Gasteiger partial charge in [0.15, 0.2) is 0 Å². The summed E-state index contributed by atoms with van der Waals surface area (Å²) in [5.74, 6) is 0.913. The second-order valence-corrected chi connectivity index (χ2v) is 8.37. The molecule has 0 saturated heterocycles. The normalized spacial score (nSPS) is 11.3. The number of nitrogens with zero attached hydrogens (tertiary/aromatic N) is 1. The standard InChI is InChI=1S/C19H19N3O6S2/c1-12-11-18(20-14-7-3-5-9-16(14)29-28-27-23)22-19(13(12)2)21-15-8-4-6-10-17(15)30(24,25)26/h3-11,23H,1-2H3,(H2,20,21,22)(H,24,25,26). The molecule has 0 radical (unpaired) electrons. The first-order chi connectivity index (χ1) is 14.3. The summed E-state index contributed by atoms with van der Waals surface area (Å²) in [6, 6.07) is 15.0. The second kappa shape index (κ2) is 9.43. The topological polar surface area (TPSA) is 130 Å². The van der Waals surface area contributed by atoms with Gasteiger partial charge in [0.05, 0.1) is 28.3 Å². The van der Waals surface area contributed by atoms with E-state index in [4.69, 9.17) is 5.26 Å². The van der Waals surface area contributed by atoms with Crippen LogP contribution in [-0.4, -0.2) is 23.2 Å². The zero-order valence-corrected chi connectivity index (χ0v) is 17.6. The summed E-state index contributed by atoms with van der Waals surface area (Å²) in [6.07, 6.45) is 0. The monoisotopic (exact) mass is 449 g/mol. The number of rotatable bonds is 8. The first-order valence-corrected chi connectivity index (χ1v) is 10.8. The smallest absolute Gasteiger partial charge is 0.296 e. The Balaban J connectivity index is 1.95. The van der Waals surface area contributed by atoms with Gasteiger partial charge in [-0.05, 0) is 55.3 Å². The zero-order valence-electron chi connectivity index (χ0n) is 16.0. The van der Waals surface area contributed by atoms with Gasteiger partial charge in [-0.2, -0.15) is 8.42 Å². The van der Waals surface area contributed by atoms with Gasteiger partial charge in [0.2, 0.25) is 0 Å². The Morgan fingerprint density at radius 1 is 1.00 bits per heavy atom.